The third-order valence-corrected chi connectivity index (χ3v) is 2.80. The number of nitrogens with one attached hydrogen (secondary N) is 2. The van der Waals surface area contributed by atoms with Crippen LogP contribution in [0, 0.1) is 0 Å². The van der Waals surface area contributed by atoms with Gasteiger partial charge in [-0.1, -0.05) is 25.1 Å². The van der Waals surface area contributed by atoms with Gasteiger partial charge in [-0.15, -0.1) is 0 Å². The van der Waals surface area contributed by atoms with Crippen LogP contribution in [-0.4, -0.2) is 16.1 Å². The standard InChI is InChI=1S/C15H17N3O/c1-3-5-11(2)15(19)17-13-7-4-6-12(10-13)14-8-9-16-18-14/h4-10H,3H2,1-2H3,(H,16,18)(H,17,19)/b11-5-. The molecule has 2 N–H and O–H groups in total. The van der Waals surface area contributed by atoms with E-state index in [4.69, 9.17) is 0 Å². The SMILES string of the molecule is CC/C=C(/C)C(=O)Nc1cccc(-c2ccn[nH]2)c1. The van der Waals surface area contributed by atoms with E-state index in [1.54, 1.807) is 6.20 Å². The molecule has 98 valence electrons. The molecule has 1 aromatic heterocycles. The van der Waals surface area contributed by atoms with Gasteiger partial charge in [0.25, 0.3) is 5.91 Å². The Hall–Kier alpha value is -2.36. The van der Waals surface area contributed by atoms with Gasteiger partial charge in [-0.2, -0.15) is 5.10 Å². The molecule has 0 unspecified atom stereocenters. The van der Waals surface area contributed by atoms with Crippen LogP contribution in [0.4, 0.5) is 5.69 Å². The molecule has 0 spiro atoms. The highest BCUT2D eigenvalue weighted by Crippen LogP contribution is 2.20. The van der Waals surface area contributed by atoms with Gasteiger partial charge < -0.3 is 5.32 Å². The zero-order valence-corrected chi connectivity index (χ0v) is 11.1. The van der Waals surface area contributed by atoms with E-state index >= 15 is 0 Å². The summed E-state index contributed by atoms with van der Waals surface area (Å²) in [6.45, 7) is 3.83. The third-order valence-electron chi connectivity index (χ3n) is 2.80. The van der Waals surface area contributed by atoms with Crippen LogP contribution in [0.25, 0.3) is 11.3 Å². The van der Waals surface area contributed by atoms with Crippen LogP contribution >= 0.6 is 0 Å². The summed E-state index contributed by atoms with van der Waals surface area (Å²) in [7, 11) is 0. The number of H-pyrrole nitrogens is 1. The van der Waals surface area contributed by atoms with Crippen LogP contribution in [0.15, 0.2) is 48.2 Å². The number of aromatic nitrogens is 2. The number of carbonyl (C=O) groups excluding carboxylic acids is 1. The minimum absolute atomic E-state index is 0.0661. The zero-order valence-electron chi connectivity index (χ0n) is 11.1. The summed E-state index contributed by atoms with van der Waals surface area (Å²) in [5, 5.41) is 9.71. The van der Waals surface area contributed by atoms with E-state index in [0.29, 0.717) is 0 Å². The van der Waals surface area contributed by atoms with E-state index in [9.17, 15) is 4.79 Å². The predicted octanol–water partition coefficient (Wildman–Crippen LogP) is 3.37. The first kappa shape index (κ1) is 13.1. The van der Waals surface area contributed by atoms with Gasteiger partial charge in [0.15, 0.2) is 0 Å². The highest BCUT2D eigenvalue weighted by molar-refractivity contribution is 6.03. The van der Waals surface area contributed by atoms with Crippen LogP contribution < -0.4 is 5.32 Å². The molecule has 0 saturated carbocycles. The molecular weight excluding hydrogens is 238 g/mol. The summed E-state index contributed by atoms with van der Waals surface area (Å²) in [6, 6.07) is 9.56. The first-order valence-corrected chi connectivity index (χ1v) is 6.28. The Balaban J connectivity index is 2.16. The lowest BCUT2D eigenvalue weighted by molar-refractivity contribution is -0.112. The fraction of sp³-hybridized carbons (Fsp3) is 0.200. The second-order valence-electron chi connectivity index (χ2n) is 4.30. The van der Waals surface area contributed by atoms with E-state index in [1.807, 2.05) is 50.3 Å². The molecule has 0 aliphatic heterocycles. The molecule has 4 heteroatoms. The summed E-state index contributed by atoms with van der Waals surface area (Å²) < 4.78 is 0. The largest absolute Gasteiger partial charge is 0.322 e. The van der Waals surface area contributed by atoms with Crippen molar-refractivity contribution in [2.24, 2.45) is 0 Å². The number of allylic oxidation sites excluding steroid dienone is 1. The van der Waals surface area contributed by atoms with Crippen LogP contribution in [0.1, 0.15) is 20.3 Å². The monoisotopic (exact) mass is 255 g/mol. The molecule has 1 amide bonds. The van der Waals surface area contributed by atoms with Crippen molar-refractivity contribution in [3.63, 3.8) is 0 Å². The quantitative estimate of drug-likeness (QED) is 0.823. The van der Waals surface area contributed by atoms with Crippen molar-refractivity contribution < 1.29 is 4.79 Å². The summed E-state index contributed by atoms with van der Waals surface area (Å²) in [5.74, 6) is -0.0661. The molecule has 2 rings (SSSR count). The van der Waals surface area contributed by atoms with Crippen molar-refractivity contribution >= 4 is 11.6 Å². The van der Waals surface area contributed by atoms with Gasteiger partial charge in [-0.25, -0.2) is 0 Å². The molecule has 1 aromatic carbocycles. The molecule has 1 heterocycles. The van der Waals surface area contributed by atoms with E-state index in [1.165, 1.54) is 0 Å². The average Bonchev–Trinajstić information content (AvgIpc) is 2.93. The van der Waals surface area contributed by atoms with E-state index in [2.05, 4.69) is 15.5 Å². The van der Waals surface area contributed by atoms with Gasteiger partial charge in [-0.3, -0.25) is 9.89 Å². The topological polar surface area (TPSA) is 57.8 Å². The Morgan fingerprint density at radius 3 is 2.95 bits per heavy atom. The summed E-state index contributed by atoms with van der Waals surface area (Å²) in [4.78, 5) is 11.9. The van der Waals surface area contributed by atoms with Gasteiger partial charge in [0.05, 0.1) is 5.69 Å². The van der Waals surface area contributed by atoms with Crippen LogP contribution in [-0.2, 0) is 4.79 Å². The number of carbonyl (C=O) groups is 1. The molecule has 0 atom stereocenters. The molecule has 0 bridgehead atoms. The Morgan fingerprint density at radius 1 is 1.42 bits per heavy atom. The Kier molecular flexibility index (Phi) is 4.13. The predicted molar refractivity (Wildman–Crippen MR) is 76.7 cm³/mol. The van der Waals surface area contributed by atoms with Gasteiger partial charge in [-0.05, 0) is 31.5 Å². The summed E-state index contributed by atoms with van der Waals surface area (Å²) in [5.41, 5.74) is 3.43. The smallest absolute Gasteiger partial charge is 0.250 e. The van der Waals surface area contributed by atoms with Crippen molar-refractivity contribution in [1.82, 2.24) is 10.2 Å². The molecule has 19 heavy (non-hydrogen) atoms. The second kappa shape index (κ2) is 6.00. The molecule has 0 aliphatic carbocycles. The van der Waals surface area contributed by atoms with Crippen LogP contribution in [0.3, 0.4) is 0 Å². The van der Waals surface area contributed by atoms with Gasteiger partial charge in [0.2, 0.25) is 0 Å². The van der Waals surface area contributed by atoms with E-state index in [-0.39, 0.29) is 5.91 Å². The number of anilines is 1. The maximum Gasteiger partial charge on any atom is 0.250 e. The minimum atomic E-state index is -0.0661. The fourth-order valence-corrected chi connectivity index (χ4v) is 1.81. The maximum atomic E-state index is 11.9. The second-order valence-corrected chi connectivity index (χ2v) is 4.30. The first-order valence-electron chi connectivity index (χ1n) is 6.28. The fourth-order valence-electron chi connectivity index (χ4n) is 1.81. The Labute approximate surface area is 112 Å². The minimum Gasteiger partial charge on any atom is -0.322 e. The number of benzene rings is 1. The molecule has 4 nitrogen and oxygen atoms in total. The highest BCUT2D eigenvalue weighted by atomic mass is 16.1. The van der Waals surface area contributed by atoms with Crippen molar-refractivity contribution in [3.8, 4) is 11.3 Å². The number of aromatic amines is 1. The van der Waals surface area contributed by atoms with Crippen molar-refractivity contribution in [2.45, 2.75) is 20.3 Å². The summed E-state index contributed by atoms with van der Waals surface area (Å²) >= 11 is 0. The number of amides is 1. The van der Waals surface area contributed by atoms with E-state index < -0.39 is 0 Å². The molecule has 2 aromatic rings. The van der Waals surface area contributed by atoms with Crippen molar-refractivity contribution in [3.05, 3.63) is 48.2 Å². The first-order chi connectivity index (χ1) is 9.20. The van der Waals surface area contributed by atoms with Crippen LogP contribution in [0.2, 0.25) is 0 Å². The van der Waals surface area contributed by atoms with E-state index in [0.717, 1.165) is 28.9 Å². The zero-order chi connectivity index (χ0) is 13.7. The number of hydrogen-bond acceptors (Lipinski definition) is 2. The third kappa shape index (κ3) is 3.31. The lowest BCUT2D eigenvalue weighted by Crippen LogP contribution is -2.12. The molecule has 0 radical (unpaired) electrons. The lowest BCUT2D eigenvalue weighted by atomic mass is 10.1. The Morgan fingerprint density at radius 2 is 2.26 bits per heavy atom. The number of rotatable bonds is 4. The normalized spacial score (nSPS) is 11.4. The molecular formula is C15H17N3O. The number of hydrogen-bond donors (Lipinski definition) is 2. The maximum absolute atomic E-state index is 11.9. The Bertz CT molecular complexity index is 585. The number of nitrogens with zero attached hydrogens (tertiary/aromatic N) is 1. The lowest BCUT2D eigenvalue weighted by Gasteiger charge is -2.07. The van der Waals surface area contributed by atoms with Crippen molar-refractivity contribution in [1.29, 1.82) is 0 Å². The van der Waals surface area contributed by atoms with Crippen LogP contribution in [0.5, 0.6) is 0 Å². The highest BCUT2D eigenvalue weighted by Gasteiger charge is 2.05. The van der Waals surface area contributed by atoms with Gasteiger partial charge in [0.1, 0.15) is 0 Å². The van der Waals surface area contributed by atoms with Gasteiger partial charge >= 0.3 is 0 Å². The average molecular weight is 255 g/mol. The summed E-state index contributed by atoms with van der Waals surface area (Å²) in [6.07, 6.45) is 4.47. The molecule has 0 fully saturated rings. The van der Waals surface area contributed by atoms with Gasteiger partial charge in [0, 0.05) is 23.0 Å². The molecule has 0 saturated heterocycles. The van der Waals surface area contributed by atoms with Crippen molar-refractivity contribution in [2.75, 3.05) is 5.32 Å². The molecule has 0 aliphatic rings.